The van der Waals surface area contributed by atoms with E-state index in [1.807, 2.05) is 0 Å². The molecule has 1 aromatic carbocycles. The minimum atomic E-state index is -8.18. The van der Waals surface area contributed by atoms with Gasteiger partial charge in [-0.05, 0) is 30.5 Å². The fourth-order valence-electron chi connectivity index (χ4n) is 3.88. The highest BCUT2D eigenvalue weighted by Crippen LogP contribution is 2.62. The lowest BCUT2D eigenvalue weighted by Gasteiger charge is -2.39. The van der Waals surface area contributed by atoms with E-state index < -0.39 is 128 Å². The first kappa shape index (κ1) is 49.7. The number of hydrogen-bond donors (Lipinski definition) is 0. The van der Waals surface area contributed by atoms with E-state index in [4.69, 9.17) is 9.47 Å². The summed E-state index contributed by atoms with van der Waals surface area (Å²) in [6.45, 7) is -2.95. The van der Waals surface area contributed by atoms with Crippen molar-refractivity contribution in [3.63, 3.8) is 0 Å². The molecule has 0 heterocycles. The second-order valence-electron chi connectivity index (χ2n) is 11.1. The van der Waals surface area contributed by atoms with Crippen molar-refractivity contribution in [3.8, 4) is 11.5 Å². The van der Waals surface area contributed by atoms with Gasteiger partial charge in [0.05, 0.1) is 13.2 Å². The van der Waals surface area contributed by atoms with E-state index in [-0.39, 0.29) is 11.8 Å². The van der Waals surface area contributed by atoms with Crippen molar-refractivity contribution in [2.24, 2.45) is 0 Å². The quantitative estimate of drug-likeness (QED) is 0.0744. The second kappa shape index (κ2) is 15.2. The second-order valence-corrected chi connectivity index (χ2v) is 11.1. The summed E-state index contributed by atoms with van der Waals surface area (Å²) in [5.74, 6) is -78.7. The number of alkyl halides is 26. The van der Waals surface area contributed by atoms with Gasteiger partial charge in [0.1, 0.15) is 6.29 Å². The summed E-state index contributed by atoms with van der Waals surface area (Å²) in [4.78, 5) is 10.7. The zero-order valence-electron chi connectivity index (χ0n) is 25.8. The lowest BCUT2D eigenvalue weighted by atomic mass is 9.92. The molecule has 0 aliphatic heterocycles. The van der Waals surface area contributed by atoms with Gasteiger partial charge in [0.25, 0.3) is 0 Å². The van der Waals surface area contributed by atoms with Crippen LogP contribution < -0.4 is 9.47 Å². The predicted octanol–water partition coefficient (Wildman–Crippen LogP) is 11.2. The van der Waals surface area contributed by atoms with E-state index in [2.05, 4.69) is 0 Å². The average molecular weight is 872 g/mol. The van der Waals surface area contributed by atoms with Gasteiger partial charge in [-0.2, -0.15) is 114 Å². The highest BCUT2D eigenvalue weighted by molar-refractivity contribution is 5.56. The van der Waals surface area contributed by atoms with Crippen LogP contribution in [-0.4, -0.2) is 91.1 Å². The minimum Gasteiger partial charge on any atom is -0.490 e. The molecule has 0 bridgehead atoms. The van der Waals surface area contributed by atoms with E-state index in [9.17, 15) is 119 Å². The molecule has 322 valence electrons. The molecule has 0 aliphatic carbocycles. The molecule has 3 nitrogen and oxygen atoms in total. The summed E-state index contributed by atoms with van der Waals surface area (Å²) in [6, 6.07) is 2.16. The van der Waals surface area contributed by atoms with E-state index in [1.54, 1.807) is 0 Å². The molecule has 1 rings (SSSR count). The molecule has 0 amide bonds. The maximum absolute atomic E-state index is 14.0. The number of ether oxygens (including phenoxy) is 2. The number of hydrogen-bond acceptors (Lipinski definition) is 3. The molecule has 0 aromatic heterocycles. The first-order valence-corrected chi connectivity index (χ1v) is 13.8. The lowest BCUT2D eigenvalue weighted by Crippen LogP contribution is -2.70. The minimum absolute atomic E-state index is 0.146. The molecule has 0 aliphatic rings. The van der Waals surface area contributed by atoms with Crippen LogP contribution in [0.1, 0.15) is 31.2 Å². The van der Waals surface area contributed by atoms with E-state index in [1.165, 1.54) is 0 Å². The van der Waals surface area contributed by atoms with Gasteiger partial charge in [-0.25, -0.2) is 0 Å². The molecule has 29 heteroatoms. The standard InChI is InChI=1S/C26H18F26O3/c27-15(28,17(31,32)19(35,36)21(39,40)23(43,44)25(47,48)49)6-1-9-54-13-4-3-12(5-8-53)11-14(13)55-10-2-7-16(29,30)18(33,34)20(37,38)22(41,42)24(45,46)26(50,51)52/h3-4,8,11H,1-2,5-7,9-10H2. The summed E-state index contributed by atoms with van der Waals surface area (Å²) >= 11 is 0. The Morgan fingerprint density at radius 1 is 0.418 bits per heavy atom. The Bertz CT molecular complexity index is 1460. The van der Waals surface area contributed by atoms with Crippen LogP contribution in [0.25, 0.3) is 0 Å². The summed E-state index contributed by atoms with van der Waals surface area (Å²) in [5, 5.41) is 0. The Morgan fingerprint density at radius 3 is 1.04 bits per heavy atom. The van der Waals surface area contributed by atoms with Crippen molar-refractivity contribution in [1.82, 2.24) is 0 Å². The third-order valence-electron chi connectivity index (χ3n) is 7.11. The summed E-state index contributed by atoms with van der Waals surface area (Å²) < 4.78 is 354. The van der Waals surface area contributed by atoms with Crippen molar-refractivity contribution in [3.05, 3.63) is 23.8 Å². The molecule has 0 saturated carbocycles. The summed E-state index contributed by atoms with van der Waals surface area (Å²) in [6.07, 6.45) is -24.7. The third kappa shape index (κ3) is 8.52. The normalized spacial score (nSPS) is 15.3. The van der Waals surface area contributed by atoms with Crippen molar-refractivity contribution in [2.45, 2.75) is 104 Å². The SMILES string of the molecule is O=CCc1ccc(OCCCC(F)(F)C(F)(F)C(F)(F)C(F)(F)C(F)(F)C(F)(F)F)c(OCCCC(F)(F)C(F)(F)C(F)(F)C(F)(F)C(F)(F)C(F)(F)F)c1. The molecular formula is C26H18F26O3. The Hall–Kier alpha value is -3.33. The number of rotatable bonds is 20. The van der Waals surface area contributed by atoms with Crippen LogP contribution in [0.5, 0.6) is 11.5 Å². The van der Waals surface area contributed by atoms with Crippen LogP contribution in [0.3, 0.4) is 0 Å². The molecule has 0 fully saturated rings. The maximum Gasteiger partial charge on any atom is 0.460 e. The van der Waals surface area contributed by atoms with Gasteiger partial charge < -0.3 is 14.3 Å². The van der Waals surface area contributed by atoms with E-state index >= 15 is 0 Å². The molecule has 0 N–H and O–H groups in total. The van der Waals surface area contributed by atoms with Crippen molar-refractivity contribution < 1.29 is 128 Å². The van der Waals surface area contributed by atoms with Gasteiger partial charge in [-0.15, -0.1) is 0 Å². The fourth-order valence-corrected chi connectivity index (χ4v) is 3.88. The smallest absolute Gasteiger partial charge is 0.460 e. The molecule has 0 atom stereocenters. The topological polar surface area (TPSA) is 35.5 Å². The molecule has 0 unspecified atom stereocenters. The number of benzene rings is 1. The van der Waals surface area contributed by atoms with Gasteiger partial charge in [0.2, 0.25) is 0 Å². The Morgan fingerprint density at radius 2 is 0.727 bits per heavy atom. The van der Waals surface area contributed by atoms with Crippen molar-refractivity contribution in [2.75, 3.05) is 13.2 Å². The number of halogens is 26. The van der Waals surface area contributed by atoms with E-state index in [0.717, 1.165) is 6.07 Å². The van der Waals surface area contributed by atoms with Crippen LogP contribution in [0.15, 0.2) is 18.2 Å². The Balaban J connectivity index is 3.16. The molecule has 0 radical (unpaired) electrons. The number of aldehydes is 1. The van der Waals surface area contributed by atoms with Gasteiger partial charge >= 0.3 is 71.6 Å². The molecule has 0 spiro atoms. The van der Waals surface area contributed by atoms with Crippen LogP contribution in [0, 0.1) is 0 Å². The third-order valence-corrected chi connectivity index (χ3v) is 7.11. The highest BCUT2D eigenvalue weighted by atomic mass is 19.4. The zero-order chi connectivity index (χ0) is 43.9. The van der Waals surface area contributed by atoms with Crippen LogP contribution in [0.4, 0.5) is 114 Å². The highest BCUT2D eigenvalue weighted by Gasteiger charge is 2.92. The largest absolute Gasteiger partial charge is 0.490 e. The predicted molar refractivity (Wildman–Crippen MR) is 127 cm³/mol. The Labute approximate surface area is 287 Å². The summed E-state index contributed by atoms with van der Waals surface area (Å²) in [7, 11) is 0. The van der Waals surface area contributed by atoms with E-state index in [0.29, 0.717) is 12.1 Å². The van der Waals surface area contributed by atoms with Crippen LogP contribution in [-0.2, 0) is 11.2 Å². The molecule has 55 heavy (non-hydrogen) atoms. The van der Waals surface area contributed by atoms with Gasteiger partial charge in [0.15, 0.2) is 11.5 Å². The van der Waals surface area contributed by atoms with Crippen molar-refractivity contribution >= 4 is 6.29 Å². The molecule has 1 aromatic rings. The lowest BCUT2D eigenvalue weighted by molar-refractivity contribution is -0.440. The van der Waals surface area contributed by atoms with Crippen molar-refractivity contribution in [1.29, 1.82) is 0 Å². The van der Waals surface area contributed by atoms with Crippen LogP contribution >= 0.6 is 0 Å². The zero-order valence-corrected chi connectivity index (χ0v) is 25.8. The summed E-state index contributed by atoms with van der Waals surface area (Å²) in [5.41, 5.74) is -0.174. The fraction of sp³-hybridized carbons (Fsp3) is 0.731. The Kier molecular flexibility index (Phi) is 13.7. The number of carbonyl (C=O) groups excluding carboxylic acids is 1. The van der Waals surface area contributed by atoms with Gasteiger partial charge in [0, 0.05) is 19.3 Å². The first-order valence-electron chi connectivity index (χ1n) is 13.8. The first-order chi connectivity index (χ1) is 24.1. The average Bonchev–Trinajstić information content (AvgIpc) is 3.00. The van der Waals surface area contributed by atoms with Crippen LogP contribution in [0.2, 0.25) is 0 Å². The maximum atomic E-state index is 14.0. The van der Waals surface area contributed by atoms with Gasteiger partial charge in [-0.3, -0.25) is 0 Å². The molecule has 0 saturated heterocycles. The number of carbonyl (C=O) groups is 1. The van der Waals surface area contributed by atoms with Gasteiger partial charge in [-0.1, -0.05) is 6.07 Å². The monoisotopic (exact) mass is 872 g/mol. The molecular weight excluding hydrogens is 854 g/mol.